The van der Waals surface area contributed by atoms with Gasteiger partial charge >= 0.3 is 0 Å². The zero-order chi connectivity index (χ0) is 9.97. The second-order valence-corrected chi connectivity index (χ2v) is 4.72. The average Bonchev–Trinajstić information content (AvgIpc) is 2.66. The van der Waals surface area contributed by atoms with Gasteiger partial charge in [-0.3, -0.25) is 0 Å². The van der Waals surface area contributed by atoms with Crippen LogP contribution in [-0.2, 0) is 11.2 Å². The van der Waals surface area contributed by atoms with Crippen LogP contribution in [0.3, 0.4) is 0 Å². The summed E-state index contributed by atoms with van der Waals surface area (Å²) in [5.41, 5.74) is 1.50. The average molecular weight is 211 g/mol. The highest BCUT2D eigenvalue weighted by atomic mass is 32.1. The molecular formula is C11H17NOS. The van der Waals surface area contributed by atoms with Gasteiger partial charge in [-0.1, -0.05) is 6.92 Å². The standard InChI is InChI=1S/C11H17NOS/c1-3-12(2)8-10-11-9(4-6-13-10)5-7-14-11/h5,7,10H,3-4,6,8H2,1-2H3. The summed E-state index contributed by atoms with van der Waals surface area (Å²) in [5, 5.41) is 2.18. The number of likely N-dealkylation sites (N-methyl/N-ethyl adjacent to an activating group) is 1. The molecule has 1 aromatic rings. The number of thiophene rings is 1. The van der Waals surface area contributed by atoms with Gasteiger partial charge in [-0.25, -0.2) is 0 Å². The third-order valence-corrected chi connectivity index (χ3v) is 3.83. The molecule has 1 aliphatic rings. The van der Waals surface area contributed by atoms with Crippen molar-refractivity contribution in [3.63, 3.8) is 0 Å². The summed E-state index contributed by atoms with van der Waals surface area (Å²) in [5.74, 6) is 0. The van der Waals surface area contributed by atoms with E-state index >= 15 is 0 Å². The van der Waals surface area contributed by atoms with E-state index in [1.54, 1.807) is 0 Å². The highest BCUT2D eigenvalue weighted by molar-refractivity contribution is 7.10. The van der Waals surface area contributed by atoms with Crippen LogP contribution in [0.15, 0.2) is 11.4 Å². The highest BCUT2D eigenvalue weighted by Crippen LogP contribution is 2.31. The summed E-state index contributed by atoms with van der Waals surface area (Å²) in [6, 6.07) is 2.24. The molecule has 0 radical (unpaired) electrons. The van der Waals surface area contributed by atoms with Crippen LogP contribution in [0.1, 0.15) is 23.5 Å². The van der Waals surface area contributed by atoms with Gasteiger partial charge in [0.25, 0.3) is 0 Å². The smallest absolute Gasteiger partial charge is 0.105 e. The summed E-state index contributed by atoms with van der Waals surface area (Å²) in [6.45, 7) is 5.16. The van der Waals surface area contributed by atoms with Crippen molar-refractivity contribution in [3.05, 3.63) is 21.9 Å². The molecule has 0 saturated heterocycles. The largest absolute Gasteiger partial charge is 0.371 e. The molecule has 3 heteroatoms. The maximum absolute atomic E-state index is 5.80. The minimum absolute atomic E-state index is 0.309. The topological polar surface area (TPSA) is 12.5 Å². The summed E-state index contributed by atoms with van der Waals surface area (Å²) >= 11 is 1.83. The molecule has 2 heterocycles. The van der Waals surface area contributed by atoms with Crippen LogP contribution in [0.5, 0.6) is 0 Å². The van der Waals surface area contributed by atoms with Gasteiger partial charge in [-0.05, 0) is 37.0 Å². The SMILES string of the molecule is CCN(C)CC1OCCc2ccsc21. The van der Waals surface area contributed by atoms with E-state index in [4.69, 9.17) is 4.74 Å². The Kier molecular flexibility index (Phi) is 3.21. The Bertz CT molecular complexity index is 297. The van der Waals surface area contributed by atoms with E-state index < -0.39 is 0 Å². The molecule has 0 N–H and O–H groups in total. The maximum Gasteiger partial charge on any atom is 0.105 e. The molecular weight excluding hydrogens is 194 g/mol. The van der Waals surface area contributed by atoms with E-state index in [1.807, 2.05) is 11.3 Å². The van der Waals surface area contributed by atoms with Crippen molar-refractivity contribution < 1.29 is 4.74 Å². The Labute approximate surface area is 89.5 Å². The molecule has 0 aliphatic carbocycles. The molecule has 1 atom stereocenters. The zero-order valence-electron chi connectivity index (χ0n) is 8.82. The third-order valence-electron chi connectivity index (χ3n) is 2.78. The van der Waals surface area contributed by atoms with E-state index in [9.17, 15) is 0 Å². The molecule has 0 fully saturated rings. The predicted molar refractivity (Wildman–Crippen MR) is 59.9 cm³/mol. The molecule has 2 nitrogen and oxygen atoms in total. The molecule has 0 saturated carbocycles. The number of nitrogens with zero attached hydrogens (tertiary/aromatic N) is 1. The predicted octanol–water partition coefficient (Wildman–Crippen LogP) is 2.31. The first-order valence-corrected chi connectivity index (χ1v) is 6.05. The Balaban J connectivity index is 2.08. The lowest BCUT2D eigenvalue weighted by Crippen LogP contribution is -2.28. The van der Waals surface area contributed by atoms with Gasteiger partial charge in [0.15, 0.2) is 0 Å². The molecule has 1 aliphatic heterocycles. The minimum Gasteiger partial charge on any atom is -0.371 e. The van der Waals surface area contributed by atoms with Crippen LogP contribution in [0.2, 0.25) is 0 Å². The molecule has 14 heavy (non-hydrogen) atoms. The van der Waals surface area contributed by atoms with Gasteiger partial charge in [0.2, 0.25) is 0 Å². The summed E-state index contributed by atoms with van der Waals surface area (Å²) in [6.07, 6.45) is 1.40. The fourth-order valence-corrected chi connectivity index (χ4v) is 2.77. The van der Waals surface area contributed by atoms with E-state index in [-0.39, 0.29) is 0 Å². The summed E-state index contributed by atoms with van der Waals surface area (Å²) in [4.78, 5) is 3.75. The molecule has 1 aromatic heterocycles. The normalized spacial score (nSPS) is 21.2. The Morgan fingerprint density at radius 3 is 3.29 bits per heavy atom. The van der Waals surface area contributed by atoms with Crippen LogP contribution in [0, 0.1) is 0 Å². The minimum atomic E-state index is 0.309. The first-order valence-electron chi connectivity index (χ1n) is 5.17. The van der Waals surface area contributed by atoms with Crippen LogP contribution in [-0.4, -0.2) is 31.6 Å². The second-order valence-electron chi connectivity index (χ2n) is 3.77. The van der Waals surface area contributed by atoms with Crippen LogP contribution in [0.4, 0.5) is 0 Å². The number of hydrogen-bond acceptors (Lipinski definition) is 3. The second kappa shape index (κ2) is 4.43. The molecule has 78 valence electrons. The molecule has 0 amide bonds. The van der Waals surface area contributed by atoms with E-state index in [1.165, 1.54) is 10.4 Å². The van der Waals surface area contributed by atoms with Crippen molar-refractivity contribution in [3.8, 4) is 0 Å². The first kappa shape index (κ1) is 10.1. The van der Waals surface area contributed by atoms with Gasteiger partial charge in [-0.2, -0.15) is 0 Å². The van der Waals surface area contributed by atoms with Gasteiger partial charge < -0.3 is 9.64 Å². The first-order chi connectivity index (χ1) is 6.81. The van der Waals surface area contributed by atoms with Crippen molar-refractivity contribution in [1.82, 2.24) is 4.90 Å². The lowest BCUT2D eigenvalue weighted by atomic mass is 10.1. The number of rotatable bonds is 3. The van der Waals surface area contributed by atoms with Crippen LogP contribution < -0.4 is 0 Å². The number of ether oxygens (including phenoxy) is 1. The van der Waals surface area contributed by atoms with Gasteiger partial charge in [-0.15, -0.1) is 11.3 Å². The lowest BCUT2D eigenvalue weighted by Gasteiger charge is -2.26. The molecule has 0 spiro atoms. The molecule has 2 rings (SSSR count). The Morgan fingerprint density at radius 2 is 2.50 bits per heavy atom. The van der Waals surface area contributed by atoms with E-state index in [0.29, 0.717) is 6.10 Å². The zero-order valence-corrected chi connectivity index (χ0v) is 9.64. The molecule has 0 aromatic carbocycles. The van der Waals surface area contributed by atoms with Gasteiger partial charge in [0, 0.05) is 11.4 Å². The van der Waals surface area contributed by atoms with Crippen molar-refractivity contribution in [1.29, 1.82) is 0 Å². The fraction of sp³-hybridized carbons (Fsp3) is 0.636. The molecule has 1 unspecified atom stereocenters. The molecule has 0 bridgehead atoms. The quantitative estimate of drug-likeness (QED) is 0.760. The van der Waals surface area contributed by atoms with Gasteiger partial charge in [0.05, 0.1) is 6.61 Å². The van der Waals surface area contributed by atoms with Crippen molar-refractivity contribution in [2.45, 2.75) is 19.4 Å². The lowest BCUT2D eigenvalue weighted by molar-refractivity contribution is 0.0248. The monoisotopic (exact) mass is 211 g/mol. The van der Waals surface area contributed by atoms with Crippen molar-refractivity contribution >= 4 is 11.3 Å². The number of fused-ring (bicyclic) bond motifs is 1. The summed E-state index contributed by atoms with van der Waals surface area (Å²) in [7, 11) is 2.14. The third kappa shape index (κ3) is 2.00. The fourth-order valence-electron chi connectivity index (χ4n) is 1.77. The van der Waals surface area contributed by atoms with Crippen LogP contribution >= 0.6 is 11.3 Å². The van der Waals surface area contributed by atoms with Gasteiger partial charge in [0.1, 0.15) is 6.10 Å². The van der Waals surface area contributed by atoms with Crippen molar-refractivity contribution in [2.75, 3.05) is 26.7 Å². The van der Waals surface area contributed by atoms with Crippen molar-refractivity contribution in [2.24, 2.45) is 0 Å². The Morgan fingerprint density at radius 1 is 1.64 bits per heavy atom. The number of hydrogen-bond donors (Lipinski definition) is 0. The highest BCUT2D eigenvalue weighted by Gasteiger charge is 2.22. The summed E-state index contributed by atoms with van der Waals surface area (Å²) < 4.78 is 5.80. The maximum atomic E-state index is 5.80. The van der Waals surface area contributed by atoms with Crippen LogP contribution in [0.25, 0.3) is 0 Å². The Hall–Kier alpha value is -0.380. The van der Waals surface area contributed by atoms with E-state index in [2.05, 4.69) is 30.3 Å². The van der Waals surface area contributed by atoms with E-state index in [0.717, 1.165) is 26.1 Å².